The van der Waals surface area contributed by atoms with E-state index in [1.165, 1.54) is 31.7 Å². The van der Waals surface area contributed by atoms with Crippen molar-refractivity contribution in [2.45, 2.75) is 70.7 Å². The molecule has 0 radical (unpaired) electrons. The van der Waals surface area contributed by atoms with E-state index in [1.54, 1.807) is 0 Å². The van der Waals surface area contributed by atoms with E-state index in [-0.39, 0.29) is 18.7 Å². The zero-order valence-electron chi connectivity index (χ0n) is 18.2. The molecule has 0 fully saturated rings. The fraction of sp³-hybridized carbons (Fsp3) is 0.500. The quantitative estimate of drug-likeness (QED) is 0.188. The monoisotopic (exact) mass is 567 g/mol. The Balaban J connectivity index is 0. The number of rotatable bonds is 8. The molecule has 1 aromatic heterocycles. The first-order valence-corrected chi connectivity index (χ1v) is 13.0. The second-order valence-corrected chi connectivity index (χ2v) is 10.3. The Morgan fingerprint density at radius 1 is 1.26 bits per heavy atom. The maximum atomic E-state index is 12.6. The summed E-state index contributed by atoms with van der Waals surface area (Å²) in [4.78, 5) is 0. The summed E-state index contributed by atoms with van der Waals surface area (Å²) in [5, 5.41) is 9.03. The molecule has 0 spiro atoms. The molecule has 180 valence electrons. The van der Waals surface area contributed by atoms with Gasteiger partial charge in [-0.2, -0.15) is 13.2 Å². The summed E-state index contributed by atoms with van der Waals surface area (Å²) in [6.07, 6.45) is 2.08. The van der Waals surface area contributed by atoms with Crippen LogP contribution >= 0.6 is 38.9 Å². The van der Waals surface area contributed by atoms with Crippen LogP contribution in [0.15, 0.2) is 50.5 Å². The van der Waals surface area contributed by atoms with Crippen LogP contribution in [0.1, 0.15) is 60.3 Å². The van der Waals surface area contributed by atoms with E-state index in [1.807, 2.05) is 18.6 Å². The lowest BCUT2D eigenvalue weighted by Crippen LogP contribution is -2.21. The van der Waals surface area contributed by atoms with Crippen LogP contribution in [-0.2, 0) is 10.0 Å². The van der Waals surface area contributed by atoms with Crippen LogP contribution in [0.4, 0.5) is 13.2 Å². The molecular formula is C20H30BrClF3NO3S2. The van der Waals surface area contributed by atoms with Crippen LogP contribution in [0.5, 0.6) is 0 Å². The molecule has 0 aliphatic rings. The van der Waals surface area contributed by atoms with E-state index in [0.29, 0.717) is 6.08 Å². The minimum Gasteiger partial charge on any atom is -0.512 e. The lowest BCUT2D eigenvalue weighted by molar-refractivity contribution is -0.0907. The Morgan fingerprint density at radius 3 is 2.06 bits per heavy atom. The predicted molar refractivity (Wildman–Crippen MR) is 128 cm³/mol. The molecule has 0 aromatic carbocycles. The van der Waals surface area contributed by atoms with Gasteiger partial charge >= 0.3 is 6.18 Å². The first kappa shape index (κ1) is 32.2. The van der Waals surface area contributed by atoms with E-state index in [2.05, 4.69) is 36.4 Å². The number of aliphatic hydroxyl groups excluding tert-OH is 1. The molecule has 0 bridgehead atoms. The Labute approximate surface area is 201 Å². The molecule has 11 heteroatoms. The van der Waals surface area contributed by atoms with Crippen molar-refractivity contribution in [1.82, 2.24) is 4.72 Å². The lowest BCUT2D eigenvalue weighted by Gasteiger charge is -2.09. The molecule has 2 N–H and O–H groups in total. The van der Waals surface area contributed by atoms with Crippen molar-refractivity contribution in [3.8, 4) is 0 Å². The fourth-order valence-electron chi connectivity index (χ4n) is 1.87. The number of alkyl halides is 3. The minimum absolute atomic E-state index is 0.137. The fourth-order valence-corrected chi connectivity index (χ4v) is 5.90. The maximum absolute atomic E-state index is 12.6. The molecule has 0 unspecified atom stereocenters. The van der Waals surface area contributed by atoms with E-state index >= 15 is 0 Å². The summed E-state index contributed by atoms with van der Waals surface area (Å²) in [5.74, 6) is -0.947. The number of unbranched alkanes of at least 4 members (excludes halogenated alkanes) is 3. The van der Waals surface area contributed by atoms with Gasteiger partial charge in [0, 0.05) is 5.70 Å². The third-order valence-corrected chi connectivity index (χ3v) is 7.59. The van der Waals surface area contributed by atoms with Crippen molar-refractivity contribution >= 4 is 48.9 Å². The zero-order chi connectivity index (χ0) is 24.8. The van der Waals surface area contributed by atoms with E-state index < -0.39 is 27.5 Å². The average Bonchev–Trinajstić information content (AvgIpc) is 2.99. The van der Waals surface area contributed by atoms with Gasteiger partial charge in [0.05, 0.1) is 14.4 Å². The van der Waals surface area contributed by atoms with Gasteiger partial charge in [-0.25, -0.2) is 8.42 Å². The molecule has 4 nitrogen and oxygen atoms in total. The minimum atomic E-state index is -4.78. The van der Waals surface area contributed by atoms with Crippen LogP contribution in [0.2, 0.25) is 4.34 Å². The smallest absolute Gasteiger partial charge is 0.419 e. The summed E-state index contributed by atoms with van der Waals surface area (Å²) < 4.78 is 64.4. The highest BCUT2D eigenvalue weighted by Crippen LogP contribution is 2.34. The topological polar surface area (TPSA) is 66.4 Å². The largest absolute Gasteiger partial charge is 0.512 e. The van der Waals surface area contributed by atoms with Gasteiger partial charge in [0.15, 0.2) is 4.21 Å². The number of hydrogen-bond acceptors (Lipinski definition) is 4. The summed E-state index contributed by atoms with van der Waals surface area (Å²) in [5.41, 5.74) is -1.62. The van der Waals surface area contributed by atoms with Gasteiger partial charge in [0.2, 0.25) is 0 Å². The Morgan fingerprint density at radius 2 is 1.74 bits per heavy atom. The van der Waals surface area contributed by atoms with Gasteiger partial charge in [-0.05, 0) is 41.1 Å². The van der Waals surface area contributed by atoms with E-state index in [0.717, 1.165) is 24.3 Å². The second kappa shape index (κ2) is 15.8. The number of allylic oxidation sites excluding steroid dienone is 4. The first-order valence-electron chi connectivity index (χ1n) is 9.57. The second-order valence-electron chi connectivity index (χ2n) is 5.85. The van der Waals surface area contributed by atoms with Gasteiger partial charge in [-0.15, -0.1) is 11.3 Å². The number of aliphatic hydroxyl groups is 1. The van der Waals surface area contributed by atoms with Gasteiger partial charge in [0.25, 0.3) is 10.0 Å². The maximum Gasteiger partial charge on any atom is 0.419 e. The zero-order valence-corrected chi connectivity index (χ0v) is 22.2. The van der Waals surface area contributed by atoms with Crippen molar-refractivity contribution in [1.29, 1.82) is 0 Å². The molecule has 0 aliphatic carbocycles. The molecule has 1 aromatic rings. The van der Waals surface area contributed by atoms with Gasteiger partial charge in [0.1, 0.15) is 5.76 Å². The van der Waals surface area contributed by atoms with Crippen molar-refractivity contribution in [3.05, 3.63) is 50.6 Å². The van der Waals surface area contributed by atoms with Crippen LogP contribution < -0.4 is 4.72 Å². The van der Waals surface area contributed by atoms with Crippen molar-refractivity contribution in [2.24, 2.45) is 0 Å². The van der Waals surface area contributed by atoms with Gasteiger partial charge in [-0.3, -0.25) is 4.72 Å². The normalized spacial score (nSPS) is 12.3. The van der Waals surface area contributed by atoms with Crippen LogP contribution in [-0.4, -0.2) is 19.7 Å². The summed E-state index contributed by atoms with van der Waals surface area (Å²) in [6.45, 7) is 12.7. The van der Waals surface area contributed by atoms with E-state index in [4.69, 9.17) is 16.7 Å². The van der Waals surface area contributed by atoms with Crippen LogP contribution in [0.25, 0.3) is 0 Å². The Hall–Kier alpha value is -0.970. The van der Waals surface area contributed by atoms with Crippen LogP contribution in [0, 0.1) is 0 Å². The number of nitrogens with one attached hydrogen (secondary N) is 1. The number of thiophene rings is 1. The average molecular weight is 569 g/mol. The molecule has 31 heavy (non-hydrogen) atoms. The summed E-state index contributed by atoms with van der Waals surface area (Å²) in [6, 6.07) is 1.37. The highest BCUT2D eigenvalue weighted by molar-refractivity contribution is 9.10. The van der Waals surface area contributed by atoms with E-state index in [9.17, 15) is 21.6 Å². The first-order chi connectivity index (χ1) is 14.3. The summed E-state index contributed by atoms with van der Waals surface area (Å²) in [7, 11) is -4.05. The predicted octanol–water partition coefficient (Wildman–Crippen LogP) is 8.52. The molecule has 0 aliphatic heterocycles. The molecule has 0 saturated heterocycles. The Bertz CT molecular complexity index is 840. The highest BCUT2D eigenvalue weighted by atomic mass is 79.9. The third kappa shape index (κ3) is 13.2. The Kier molecular flexibility index (Phi) is 16.4. The lowest BCUT2D eigenvalue weighted by atomic mass is 10.2. The van der Waals surface area contributed by atoms with Gasteiger partial charge in [-0.1, -0.05) is 71.6 Å². The molecular weight excluding hydrogens is 539 g/mol. The number of halogens is 5. The van der Waals surface area contributed by atoms with Crippen LogP contribution in [0.3, 0.4) is 0 Å². The standard InChI is InChI=1S/C12H10BrClF3NO3S2.C6H14.C2H6/c1-6(3-4-8(7(2)19)12(15,16)17)18-23(20,21)11-9(13)5-10(14)22-11;1-3-5-6-4-2;1-2/h3-5,18-19H,1H2,2H3;3-6H2,1-2H3;1-2H3/b4-3-,8-7-;;. The highest BCUT2D eigenvalue weighted by Gasteiger charge is 2.34. The molecule has 0 amide bonds. The van der Waals surface area contributed by atoms with Crippen molar-refractivity contribution < 1.29 is 26.7 Å². The third-order valence-electron chi connectivity index (χ3n) is 3.24. The molecule has 0 atom stereocenters. The van der Waals surface area contributed by atoms with Gasteiger partial charge < -0.3 is 5.11 Å². The molecule has 1 heterocycles. The number of sulfonamides is 1. The molecule has 1 rings (SSSR count). The summed E-state index contributed by atoms with van der Waals surface area (Å²) >= 11 is 9.49. The molecule has 0 saturated carbocycles. The number of hydrogen-bond donors (Lipinski definition) is 2. The van der Waals surface area contributed by atoms with Crippen molar-refractivity contribution in [2.75, 3.05) is 0 Å². The van der Waals surface area contributed by atoms with Crippen molar-refractivity contribution in [3.63, 3.8) is 0 Å². The SMILES string of the molecule is C=C(/C=C\C(=C(/C)O)C(F)(F)F)NS(=O)(=O)c1sc(Cl)cc1Br.CC.CCCCCC.